The molecule has 0 aliphatic rings. The first-order valence-electron chi connectivity index (χ1n) is 11.0. The third kappa shape index (κ3) is 6.77. The maximum atomic E-state index is 12.8. The van der Waals surface area contributed by atoms with Gasteiger partial charge in [0.2, 0.25) is 0 Å². The van der Waals surface area contributed by atoms with Crippen LogP contribution in [-0.4, -0.2) is 42.1 Å². The van der Waals surface area contributed by atoms with Crippen LogP contribution in [0.5, 0.6) is 0 Å². The molecule has 0 aliphatic carbocycles. The number of hydrogen-bond donors (Lipinski definition) is 2. The van der Waals surface area contributed by atoms with Gasteiger partial charge in [-0.15, -0.1) is 0 Å². The summed E-state index contributed by atoms with van der Waals surface area (Å²) in [7, 11) is 1.98. The van der Waals surface area contributed by atoms with Crippen LogP contribution in [-0.2, 0) is 29.6 Å². The van der Waals surface area contributed by atoms with E-state index >= 15 is 0 Å². The third-order valence-corrected chi connectivity index (χ3v) is 5.55. The first-order valence-corrected chi connectivity index (χ1v) is 11.0. The summed E-state index contributed by atoms with van der Waals surface area (Å²) in [6.45, 7) is 2.88. The monoisotopic (exact) mass is 473 g/mol. The van der Waals surface area contributed by atoms with E-state index < -0.39 is 11.9 Å². The smallest absolute Gasteiger partial charge is 0.328 e. The van der Waals surface area contributed by atoms with Crippen LogP contribution in [0, 0.1) is 6.92 Å². The maximum Gasteiger partial charge on any atom is 0.328 e. The van der Waals surface area contributed by atoms with E-state index in [1.54, 1.807) is 0 Å². The van der Waals surface area contributed by atoms with E-state index in [1.165, 1.54) is 5.56 Å². The van der Waals surface area contributed by atoms with Crippen LogP contribution >= 0.6 is 0 Å². The number of aromatic nitrogens is 3. The highest BCUT2D eigenvalue weighted by molar-refractivity contribution is 6.08. The fourth-order valence-corrected chi connectivity index (χ4v) is 3.74. The van der Waals surface area contributed by atoms with Gasteiger partial charge in [0.25, 0.3) is 0 Å². The predicted molar refractivity (Wildman–Crippen MR) is 132 cm³/mol. The Kier molecular flexibility index (Phi) is 8.34. The van der Waals surface area contributed by atoms with E-state index in [9.17, 15) is 14.4 Å². The molecule has 0 amide bonds. The van der Waals surface area contributed by atoms with Crippen LogP contribution in [0.1, 0.15) is 33.7 Å². The minimum Gasteiger partial charge on any atom is -0.478 e. The molecule has 0 radical (unpaired) electrons. The molecule has 0 bridgehead atoms. The lowest BCUT2D eigenvalue weighted by atomic mass is 10.0. The Bertz CT molecular complexity index is 1350. The number of benzene rings is 2. The minimum absolute atomic E-state index is 0.170. The lowest BCUT2D eigenvalue weighted by Crippen LogP contribution is -2.04. The summed E-state index contributed by atoms with van der Waals surface area (Å²) in [4.78, 5) is 36.5. The summed E-state index contributed by atoms with van der Waals surface area (Å²) >= 11 is 0. The number of para-hydroxylation sites is 1. The molecule has 2 aromatic carbocycles. The lowest BCUT2D eigenvalue weighted by molar-refractivity contribution is -0.134. The Morgan fingerprint density at radius 2 is 1.57 bits per heavy atom. The van der Waals surface area contributed by atoms with Crippen molar-refractivity contribution in [1.82, 2.24) is 14.1 Å². The van der Waals surface area contributed by atoms with Gasteiger partial charge in [0.05, 0.1) is 12.0 Å². The van der Waals surface area contributed by atoms with E-state index in [1.807, 2.05) is 66.6 Å². The lowest BCUT2D eigenvalue weighted by Gasteiger charge is -2.06. The van der Waals surface area contributed by atoms with Crippen molar-refractivity contribution in [2.45, 2.75) is 26.3 Å². The second kappa shape index (κ2) is 11.6. The highest BCUT2D eigenvalue weighted by Crippen LogP contribution is 2.22. The summed E-state index contributed by atoms with van der Waals surface area (Å²) in [5.41, 5.74) is 5.26. The van der Waals surface area contributed by atoms with Crippen LogP contribution in [0.2, 0.25) is 0 Å². The number of hydrogen-bond acceptors (Lipinski definition) is 4. The van der Waals surface area contributed by atoms with Crippen LogP contribution in [0.25, 0.3) is 10.9 Å². The SMILES string of the molecule is Cc1c(CCC(=O)c2cn(C)c3ccccc23)ncn1Cc1ccccc1.O=C(O)/C=C\C(=O)O. The van der Waals surface area contributed by atoms with Gasteiger partial charge in [-0.25, -0.2) is 14.6 Å². The molecule has 8 heteroatoms. The molecule has 0 aliphatic heterocycles. The number of aliphatic carboxylic acids is 2. The predicted octanol–water partition coefficient (Wildman–Crippen LogP) is 4.26. The van der Waals surface area contributed by atoms with Crippen molar-refractivity contribution in [2.24, 2.45) is 7.05 Å². The van der Waals surface area contributed by atoms with E-state index in [4.69, 9.17) is 10.2 Å². The highest BCUT2D eigenvalue weighted by Gasteiger charge is 2.15. The zero-order valence-electron chi connectivity index (χ0n) is 19.6. The number of nitrogens with zero attached hydrogens (tertiary/aromatic N) is 3. The Morgan fingerprint density at radius 3 is 2.23 bits per heavy atom. The summed E-state index contributed by atoms with van der Waals surface area (Å²) in [6.07, 6.45) is 6.06. The number of imidazole rings is 1. The van der Waals surface area contributed by atoms with Crippen molar-refractivity contribution in [2.75, 3.05) is 0 Å². The van der Waals surface area contributed by atoms with Gasteiger partial charge in [0.15, 0.2) is 5.78 Å². The molecule has 0 unspecified atom stereocenters. The molecule has 8 nitrogen and oxygen atoms in total. The van der Waals surface area contributed by atoms with Crippen molar-refractivity contribution in [3.63, 3.8) is 0 Å². The molecule has 0 spiro atoms. The van der Waals surface area contributed by atoms with Crippen molar-refractivity contribution in [1.29, 1.82) is 0 Å². The molecule has 0 saturated heterocycles. The van der Waals surface area contributed by atoms with E-state index in [-0.39, 0.29) is 5.78 Å². The Morgan fingerprint density at radius 1 is 0.943 bits per heavy atom. The van der Waals surface area contributed by atoms with E-state index in [0.29, 0.717) is 25.0 Å². The van der Waals surface area contributed by atoms with Crippen LogP contribution < -0.4 is 0 Å². The first kappa shape index (κ1) is 25.2. The number of rotatable bonds is 8. The van der Waals surface area contributed by atoms with Gasteiger partial charge in [-0.2, -0.15) is 0 Å². The van der Waals surface area contributed by atoms with Crippen LogP contribution in [0.3, 0.4) is 0 Å². The van der Waals surface area contributed by atoms with E-state index in [2.05, 4.69) is 28.6 Å². The molecule has 2 heterocycles. The normalized spacial score (nSPS) is 10.8. The van der Waals surface area contributed by atoms with Gasteiger partial charge >= 0.3 is 11.9 Å². The van der Waals surface area contributed by atoms with Gasteiger partial charge in [0, 0.05) is 60.5 Å². The van der Waals surface area contributed by atoms with Gasteiger partial charge in [-0.3, -0.25) is 4.79 Å². The molecular formula is C27H27N3O5. The fraction of sp³-hybridized carbons (Fsp3) is 0.185. The zero-order chi connectivity index (χ0) is 25.4. The standard InChI is InChI=1S/C23H23N3O.C4H4O4/c1-17-21(24-16-26(17)14-18-8-4-3-5-9-18)12-13-23(27)20-15-25(2)22-11-7-6-10-19(20)22;5-3(6)1-2-4(7)8/h3-11,15-16H,12-14H2,1-2H3;1-2H,(H,5,6)(H,7,8)/b;2-1-. The van der Waals surface area contributed by atoms with Crippen molar-refractivity contribution >= 4 is 28.6 Å². The number of carbonyl (C=O) groups excluding carboxylic acids is 1. The molecule has 0 saturated carbocycles. The molecule has 0 atom stereocenters. The number of carboxylic acid groups (broad SMARTS) is 2. The second-order valence-corrected chi connectivity index (χ2v) is 7.99. The largest absolute Gasteiger partial charge is 0.478 e. The Hall–Kier alpha value is -4.46. The number of Topliss-reactive ketones (excluding diaryl/α,β-unsaturated/α-hetero) is 1. The number of ketones is 1. The maximum absolute atomic E-state index is 12.8. The first-order chi connectivity index (χ1) is 16.8. The number of fused-ring (bicyclic) bond motifs is 1. The summed E-state index contributed by atoms with van der Waals surface area (Å²) in [6, 6.07) is 18.4. The summed E-state index contributed by atoms with van der Waals surface area (Å²) in [5, 5.41) is 16.6. The minimum atomic E-state index is -1.26. The molecular weight excluding hydrogens is 446 g/mol. The third-order valence-electron chi connectivity index (χ3n) is 5.55. The van der Waals surface area contributed by atoms with Gasteiger partial charge < -0.3 is 19.3 Å². The summed E-state index contributed by atoms with van der Waals surface area (Å²) < 4.78 is 4.16. The van der Waals surface area contributed by atoms with Gasteiger partial charge in [0.1, 0.15) is 0 Å². The molecule has 2 N–H and O–H groups in total. The van der Waals surface area contributed by atoms with Crippen LogP contribution in [0.4, 0.5) is 0 Å². The number of aryl methyl sites for hydroxylation is 2. The highest BCUT2D eigenvalue weighted by atomic mass is 16.4. The van der Waals surface area contributed by atoms with Gasteiger partial charge in [-0.1, -0.05) is 48.5 Å². The fourth-order valence-electron chi connectivity index (χ4n) is 3.74. The second-order valence-electron chi connectivity index (χ2n) is 7.99. The topological polar surface area (TPSA) is 114 Å². The zero-order valence-corrected chi connectivity index (χ0v) is 19.6. The molecule has 0 fully saturated rings. The Balaban J connectivity index is 0.000000371. The average molecular weight is 474 g/mol. The van der Waals surface area contributed by atoms with Crippen LogP contribution in [0.15, 0.2) is 79.3 Å². The Labute approximate surface area is 202 Å². The van der Waals surface area contributed by atoms with Crippen molar-refractivity contribution in [3.8, 4) is 0 Å². The van der Waals surface area contributed by atoms with E-state index in [0.717, 1.165) is 34.4 Å². The molecule has 4 aromatic rings. The number of carbonyl (C=O) groups is 3. The average Bonchev–Trinajstić information content (AvgIpc) is 3.37. The van der Waals surface area contributed by atoms with Crippen molar-refractivity contribution < 1.29 is 24.6 Å². The summed E-state index contributed by atoms with van der Waals surface area (Å²) in [5.74, 6) is -2.34. The molecule has 180 valence electrons. The molecule has 2 aromatic heterocycles. The molecule has 35 heavy (non-hydrogen) atoms. The molecule has 4 rings (SSSR count). The van der Waals surface area contributed by atoms with Crippen molar-refractivity contribution in [3.05, 3.63) is 102 Å². The number of carboxylic acids is 2. The van der Waals surface area contributed by atoms with Gasteiger partial charge in [-0.05, 0) is 25.0 Å². The quantitative estimate of drug-likeness (QED) is 0.292.